The number of ether oxygens (including phenoxy) is 1. The molecule has 1 aliphatic carbocycles. The molecule has 1 aliphatic rings. The van der Waals surface area contributed by atoms with Gasteiger partial charge in [0.2, 0.25) is 11.8 Å². The Morgan fingerprint density at radius 1 is 1.14 bits per heavy atom. The fourth-order valence-corrected chi connectivity index (χ4v) is 5.86. The van der Waals surface area contributed by atoms with Crippen LogP contribution in [0.1, 0.15) is 80.4 Å². The lowest BCUT2D eigenvalue weighted by molar-refractivity contribution is -0.142. The molecular weight excluding hydrogens is 538 g/mol. The van der Waals surface area contributed by atoms with Crippen molar-refractivity contribution in [2.75, 3.05) is 20.2 Å². The highest BCUT2D eigenvalue weighted by Gasteiger charge is 2.34. The number of likely N-dealkylation sites (N-methyl/N-ethyl adjacent to an activating group) is 1. The van der Waals surface area contributed by atoms with Gasteiger partial charge in [-0.1, -0.05) is 92.9 Å². The number of aryl methyl sites for hydroxylation is 1. The topological polar surface area (TPSA) is 90.9 Å². The number of nitrogens with one attached hydrogen (secondary N) is 2. The molecule has 2 aromatic rings. The van der Waals surface area contributed by atoms with Gasteiger partial charge in [-0.15, -0.1) is 13.2 Å². The Hall–Kier alpha value is -3.26. The summed E-state index contributed by atoms with van der Waals surface area (Å²) < 4.78 is 6.05. The van der Waals surface area contributed by atoms with E-state index in [0.29, 0.717) is 19.4 Å². The second-order valence-electron chi connectivity index (χ2n) is 11.8. The lowest BCUT2D eigenvalue weighted by atomic mass is 9.98. The normalized spacial score (nSPS) is 18.6. The molecule has 7 nitrogen and oxygen atoms in total. The predicted octanol–water partition coefficient (Wildman–Crippen LogP) is 5.59. The van der Waals surface area contributed by atoms with Crippen molar-refractivity contribution in [1.82, 2.24) is 15.5 Å². The van der Waals surface area contributed by atoms with Crippen molar-refractivity contribution < 1.29 is 19.4 Å². The van der Waals surface area contributed by atoms with E-state index in [1.54, 1.807) is 24.1 Å². The van der Waals surface area contributed by atoms with Crippen LogP contribution in [-0.2, 0) is 20.7 Å². The second kappa shape index (κ2) is 17.1. The molecule has 234 valence electrons. The summed E-state index contributed by atoms with van der Waals surface area (Å²) in [4.78, 5) is 28.4. The summed E-state index contributed by atoms with van der Waals surface area (Å²) in [6.07, 6.45) is 6.78. The Morgan fingerprint density at radius 3 is 2.56 bits per heavy atom. The molecule has 2 aromatic carbocycles. The van der Waals surface area contributed by atoms with E-state index in [1.165, 1.54) is 11.1 Å². The maximum Gasteiger partial charge on any atom is 0.243 e. The van der Waals surface area contributed by atoms with Crippen LogP contribution < -0.4 is 10.6 Å². The summed E-state index contributed by atoms with van der Waals surface area (Å²) in [6, 6.07) is 14.9. The summed E-state index contributed by atoms with van der Waals surface area (Å²) in [5.74, 6) is -0.518. The third-order valence-electron chi connectivity index (χ3n) is 8.41. The first-order valence-corrected chi connectivity index (χ1v) is 15.7. The van der Waals surface area contributed by atoms with Crippen LogP contribution in [0.3, 0.4) is 0 Å². The highest BCUT2D eigenvalue weighted by atomic mass is 16.5. The van der Waals surface area contributed by atoms with Crippen molar-refractivity contribution in [3.63, 3.8) is 0 Å². The molecule has 3 N–H and O–H groups in total. The van der Waals surface area contributed by atoms with Gasteiger partial charge in [-0.3, -0.25) is 9.59 Å². The number of carbonyl (C=O) groups is 2. The third kappa shape index (κ3) is 9.62. The van der Waals surface area contributed by atoms with Crippen LogP contribution in [0, 0.1) is 12.8 Å². The molecule has 7 heteroatoms. The Morgan fingerprint density at radius 2 is 1.88 bits per heavy atom. The minimum absolute atomic E-state index is 0.00863. The predicted molar refractivity (Wildman–Crippen MR) is 174 cm³/mol. The highest BCUT2D eigenvalue weighted by Crippen LogP contribution is 2.41. The van der Waals surface area contributed by atoms with Crippen LogP contribution in [0.15, 0.2) is 73.8 Å². The van der Waals surface area contributed by atoms with Gasteiger partial charge in [0.05, 0.1) is 24.9 Å². The molecule has 6 atom stereocenters. The first kappa shape index (κ1) is 34.2. The first-order valence-electron chi connectivity index (χ1n) is 15.7. The van der Waals surface area contributed by atoms with Gasteiger partial charge in [0.1, 0.15) is 6.04 Å². The molecule has 43 heavy (non-hydrogen) atoms. The third-order valence-corrected chi connectivity index (χ3v) is 8.41. The molecular formula is C36H51N3O4. The number of fused-ring (bicyclic) bond motifs is 1. The van der Waals surface area contributed by atoms with Crippen LogP contribution in [0.4, 0.5) is 0 Å². The molecule has 0 saturated heterocycles. The maximum absolute atomic E-state index is 13.7. The van der Waals surface area contributed by atoms with E-state index in [-0.39, 0.29) is 36.4 Å². The van der Waals surface area contributed by atoms with Crippen LogP contribution in [-0.4, -0.2) is 60.2 Å². The van der Waals surface area contributed by atoms with Crippen LogP contribution in [0.5, 0.6) is 0 Å². The number of aliphatic hydroxyl groups is 1. The number of unbranched alkanes of at least 4 members (excludes halogenated alkanes) is 1. The van der Waals surface area contributed by atoms with Crippen LogP contribution >= 0.6 is 0 Å². The van der Waals surface area contributed by atoms with Crippen molar-refractivity contribution in [2.45, 2.75) is 89.6 Å². The zero-order chi connectivity index (χ0) is 31.4. The van der Waals surface area contributed by atoms with Gasteiger partial charge < -0.3 is 25.4 Å². The minimum Gasteiger partial charge on any atom is -0.390 e. The van der Waals surface area contributed by atoms with Gasteiger partial charge in [-0.2, -0.15) is 0 Å². The Balaban J connectivity index is 1.75. The zero-order valence-corrected chi connectivity index (χ0v) is 26.4. The van der Waals surface area contributed by atoms with Gasteiger partial charge in [0, 0.05) is 25.6 Å². The number of hydrogen-bond acceptors (Lipinski definition) is 5. The van der Waals surface area contributed by atoms with E-state index in [2.05, 4.69) is 55.8 Å². The van der Waals surface area contributed by atoms with Gasteiger partial charge in [0.25, 0.3) is 0 Å². The molecule has 0 fully saturated rings. The monoisotopic (exact) mass is 589 g/mol. The van der Waals surface area contributed by atoms with Crippen molar-refractivity contribution >= 4 is 11.8 Å². The summed E-state index contributed by atoms with van der Waals surface area (Å²) >= 11 is 0. The smallest absolute Gasteiger partial charge is 0.243 e. The number of carbonyl (C=O) groups excluding carboxylic acids is 2. The quantitative estimate of drug-likeness (QED) is 0.197. The van der Waals surface area contributed by atoms with Crippen molar-refractivity contribution in [1.29, 1.82) is 0 Å². The molecule has 0 aromatic heterocycles. The number of rotatable bonds is 18. The van der Waals surface area contributed by atoms with Gasteiger partial charge in [-0.25, -0.2) is 0 Å². The fraction of sp³-hybridized carbons (Fsp3) is 0.500. The van der Waals surface area contributed by atoms with E-state index in [0.717, 1.165) is 36.8 Å². The van der Waals surface area contributed by atoms with E-state index in [1.807, 2.05) is 37.3 Å². The molecule has 0 bridgehead atoms. The molecule has 0 radical (unpaired) electrons. The van der Waals surface area contributed by atoms with E-state index >= 15 is 0 Å². The van der Waals surface area contributed by atoms with Crippen molar-refractivity contribution in [3.05, 3.63) is 96.1 Å². The number of amides is 2. The zero-order valence-electron chi connectivity index (χ0n) is 26.4. The number of hydrogen-bond donors (Lipinski definition) is 3. The summed E-state index contributed by atoms with van der Waals surface area (Å²) in [6.45, 7) is 14.4. The van der Waals surface area contributed by atoms with E-state index < -0.39 is 18.2 Å². The summed E-state index contributed by atoms with van der Waals surface area (Å²) in [5, 5.41) is 18.2. The number of benzene rings is 2. The molecule has 2 amide bonds. The van der Waals surface area contributed by atoms with E-state index in [9.17, 15) is 14.7 Å². The summed E-state index contributed by atoms with van der Waals surface area (Å²) in [7, 11) is 1.69. The average Bonchev–Trinajstić information content (AvgIpc) is 3.35. The standard InChI is InChI=1S/C36H51N3O4/c1-7-10-15-26(5)36(42)39(6)32(14-8-2)35(41)38-31(22-27-16-12-11-13-17-27)33(40)24-37-30-23-34(43-20-9-3)28-19-18-25(4)21-29(28)30/h8-9,11-13,16-19,21,26,30-34,37,40H,2-3,7,10,14-15,20,22-24H2,1,4-6H3,(H,38,41)/t26-,30+,31-,32-,33-,34-/m0/s1. The maximum atomic E-state index is 13.7. The molecule has 0 saturated carbocycles. The Bertz CT molecular complexity index is 1200. The molecule has 0 aliphatic heterocycles. The SMILES string of the molecule is C=CCO[C@H]1C[C@@H](NC[C@H](O)[C@H](Cc2ccccc2)NC(=O)[C@H](CC=C)N(C)C(=O)[C@@H](C)CCCC)c2cc(C)ccc21. The number of aliphatic hydroxyl groups excluding tert-OH is 1. The molecule has 0 spiro atoms. The Labute approximate surface area is 258 Å². The highest BCUT2D eigenvalue weighted by molar-refractivity contribution is 5.88. The van der Waals surface area contributed by atoms with Crippen LogP contribution in [0.2, 0.25) is 0 Å². The van der Waals surface area contributed by atoms with Crippen LogP contribution in [0.25, 0.3) is 0 Å². The van der Waals surface area contributed by atoms with Crippen molar-refractivity contribution in [2.24, 2.45) is 5.92 Å². The first-order chi connectivity index (χ1) is 20.7. The summed E-state index contributed by atoms with van der Waals surface area (Å²) in [5.41, 5.74) is 4.50. The van der Waals surface area contributed by atoms with E-state index in [4.69, 9.17) is 4.74 Å². The minimum atomic E-state index is -0.876. The lowest BCUT2D eigenvalue weighted by Gasteiger charge is -2.32. The lowest BCUT2D eigenvalue weighted by Crippen LogP contribution is -2.55. The van der Waals surface area contributed by atoms with Gasteiger partial charge in [-0.05, 0) is 49.3 Å². The molecule has 0 unspecified atom stereocenters. The van der Waals surface area contributed by atoms with Crippen molar-refractivity contribution in [3.8, 4) is 0 Å². The fourth-order valence-electron chi connectivity index (χ4n) is 5.86. The molecule has 0 heterocycles. The van der Waals surface area contributed by atoms with Gasteiger partial charge in [0.15, 0.2) is 0 Å². The Kier molecular flexibility index (Phi) is 13.6. The number of nitrogens with zero attached hydrogens (tertiary/aromatic N) is 1. The molecule has 3 rings (SSSR count). The average molecular weight is 590 g/mol. The largest absolute Gasteiger partial charge is 0.390 e. The second-order valence-corrected chi connectivity index (χ2v) is 11.8. The van der Waals surface area contributed by atoms with Gasteiger partial charge >= 0.3 is 0 Å².